The first-order valence-electron chi connectivity index (χ1n) is 45.5. The molecule has 0 amide bonds. The molecule has 0 radical (unpaired) electrons. The Morgan fingerprint density at radius 1 is 0.634 bits per heavy atom. The number of hydrogen-bond acceptors (Lipinski definition) is 25. The fourth-order valence-corrected chi connectivity index (χ4v) is 22.9. The van der Waals surface area contributed by atoms with Crippen molar-refractivity contribution in [3.63, 3.8) is 0 Å². The SMILES string of the molecule is C1CCOC1.CN(C)c1ccncc1.CO[C@@H](C[C@H]1C=C[C@H]2[C@H]3O[C@]1(/C(C)=C/[C@@H](C)C(C)O)[C@@H]2[C@H](O)[C@@H](C)[C@H]3OC(=O)C1=CC=CC1)C(=O)O.CO[C@@H](C[C@H]1C=C[C@H]2[C@H]3O[C@]1(/C(C)=C/[C@@H](C)C=O)[C@@H]2[C@H](O)[C@@H](C)[C@H]3OC(=O)C1=CC=CC1)C(=O)O.CO[C@H]1C[C@H]2C=C[C@H]3[C@H]4O[C@]2(/C(C)=C/[C@@H](C)[C@H](C)OC1=O)[C@@H]3[C@H](O)[C@@H](C)[C@H]4OC(=O)C1=CC=CC1.O=C(Cl)c1c(Cl)cc(Cl)cc1Cl.[Br-].[H-].[Mg+2]. The van der Waals surface area contributed by atoms with E-state index in [1.165, 1.54) is 52.0 Å². The van der Waals surface area contributed by atoms with Gasteiger partial charge in [0.2, 0.25) is 0 Å². The molecule has 1 unspecified atom stereocenters. The van der Waals surface area contributed by atoms with Gasteiger partial charge in [0.15, 0.2) is 18.3 Å². The maximum atomic E-state index is 12.9. The number of hydrogen-bond donors (Lipinski definition) is 6. The van der Waals surface area contributed by atoms with Crippen molar-refractivity contribution in [3.05, 3.63) is 200 Å². The molecule has 3 saturated carbocycles. The van der Waals surface area contributed by atoms with E-state index in [0.29, 0.717) is 47.4 Å². The first-order valence-corrected chi connectivity index (χ1v) is 47.0. The number of allylic oxidation sites excluding steroid dienone is 10. The number of benzene rings is 1. The van der Waals surface area contributed by atoms with Crippen molar-refractivity contribution in [1.82, 2.24) is 4.98 Å². The zero-order valence-corrected chi connectivity index (χ0v) is 84.7. The Bertz CT molecular complexity index is 4890. The number of aliphatic hydroxyl groups is 4. The Hall–Kier alpha value is -6.82. The number of carbonyl (C=O) groups is 8. The first kappa shape index (κ1) is 111. The summed E-state index contributed by atoms with van der Waals surface area (Å²) in [6.45, 7) is 22.8. The van der Waals surface area contributed by atoms with Crippen molar-refractivity contribution in [2.45, 2.75) is 230 Å². The fourth-order valence-electron chi connectivity index (χ4n) is 21.6. The summed E-state index contributed by atoms with van der Waals surface area (Å²) in [6.07, 6.45) is 33.9. The minimum atomic E-state index is -1.08. The molecule has 7 fully saturated rings. The second-order valence-electron chi connectivity index (χ2n) is 37.2. The summed E-state index contributed by atoms with van der Waals surface area (Å²) >= 11 is 22.1. The molecule has 1 aromatic heterocycles. The Kier molecular flexibility index (Phi) is 40.0. The number of carboxylic acids is 2. The molecule has 6 N–H and O–H groups in total. The number of aromatic nitrogens is 1. The van der Waals surface area contributed by atoms with Gasteiger partial charge in [-0.05, 0) is 139 Å². The van der Waals surface area contributed by atoms with Gasteiger partial charge in [-0.3, -0.25) is 9.78 Å². The number of ether oxygens (including phenoxy) is 11. The number of nitrogens with zero attached hydrogens (tertiary/aromatic N) is 2. The van der Waals surface area contributed by atoms with Crippen LogP contribution in [0.5, 0.6) is 0 Å². The van der Waals surface area contributed by atoms with Crippen LogP contribution in [0.2, 0.25) is 15.1 Å². The number of carbonyl (C=O) groups excluding carboxylic acids is 6. The van der Waals surface area contributed by atoms with Gasteiger partial charge in [-0.2, -0.15) is 0 Å². The Labute approximate surface area is 833 Å². The van der Waals surface area contributed by atoms with Crippen LogP contribution in [0.1, 0.15) is 139 Å². The number of anilines is 1. The van der Waals surface area contributed by atoms with E-state index in [1.54, 1.807) is 44.5 Å². The quantitative estimate of drug-likeness (QED) is 0.0150. The van der Waals surface area contributed by atoms with Crippen molar-refractivity contribution >= 4 is 122 Å². The van der Waals surface area contributed by atoms with Crippen molar-refractivity contribution in [2.75, 3.05) is 53.5 Å². The number of halogens is 5. The van der Waals surface area contributed by atoms with Gasteiger partial charge in [0.25, 0.3) is 5.24 Å². The molecule has 2 aromatic rings. The van der Waals surface area contributed by atoms with Crippen molar-refractivity contribution < 1.29 is 140 Å². The van der Waals surface area contributed by atoms with Crippen LogP contribution in [0.15, 0.2) is 179 Å². The van der Waals surface area contributed by atoms with Crippen molar-refractivity contribution in [3.8, 4) is 0 Å². The maximum Gasteiger partial charge on any atom is 2.00 e. The second kappa shape index (κ2) is 48.4. The summed E-state index contributed by atoms with van der Waals surface area (Å²) in [5.41, 5.74) is 2.68. The molecule has 5 aliphatic heterocycles. The third kappa shape index (κ3) is 23.4. The van der Waals surface area contributed by atoms with Gasteiger partial charge in [0, 0.05) is 177 Å². The smallest absolute Gasteiger partial charge is 1.00 e. The molecule has 27 nitrogen and oxygen atoms in total. The van der Waals surface area contributed by atoms with E-state index in [0.717, 1.165) is 36.2 Å². The van der Waals surface area contributed by atoms with Gasteiger partial charge in [-0.25, -0.2) is 28.8 Å². The van der Waals surface area contributed by atoms with Gasteiger partial charge >= 0.3 is 58.9 Å². The monoisotopic (exact) mass is 2010 g/mol. The molecule has 32 atom stereocenters. The van der Waals surface area contributed by atoms with Gasteiger partial charge in [-0.1, -0.05) is 186 Å². The Morgan fingerprint density at radius 3 is 1.42 bits per heavy atom. The van der Waals surface area contributed by atoms with Crippen LogP contribution in [0.4, 0.5) is 5.69 Å². The van der Waals surface area contributed by atoms with Crippen LogP contribution in [0.25, 0.3) is 0 Å². The largest absolute Gasteiger partial charge is 2.00 e. The number of carboxylic acid groups (broad SMARTS) is 2. The van der Waals surface area contributed by atoms with Crippen LogP contribution in [-0.2, 0) is 85.7 Å². The van der Waals surface area contributed by atoms with Gasteiger partial charge in [-0.15, -0.1) is 0 Å². The summed E-state index contributed by atoms with van der Waals surface area (Å²) in [5.74, 6) is -7.98. The van der Waals surface area contributed by atoms with E-state index in [-0.39, 0.29) is 165 Å². The van der Waals surface area contributed by atoms with Crippen molar-refractivity contribution in [1.29, 1.82) is 0 Å². The zero-order chi connectivity index (χ0) is 96.4. The molecule has 730 valence electrons. The predicted molar refractivity (Wildman–Crippen MR) is 503 cm³/mol. The number of aldehydes is 1. The molecule has 1 spiro atoms. The number of methoxy groups -OCH3 is 3. The predicted octanol–water partition coefficient (Wildman–Crippen LogP) is 11.4. The Morgan fingerprint density at radius 2 is 1.05 bits per heavy atom. The number of esters is 4. The first-order chi connectivity index (χ1) is 62.7. The van der Waals surface area contributed by atoms with E-state index in [9.17, 15) is 69.0 Å². The molecule has 6 heterocycles. The van der Waals surface area contributed by atoms with Crippen LogP contribution in [0, 0.1) is 88.8 Å². The second-order valence-corrected chi connectivity index (χ2v) is 38.8. The molecule has 12 bridgehead atoms. The van der Waals surface area contributed by atoms with E-state index in [4.69, 9.17) is 98.5 Å². The normalized spacial score (nSPS) is 35.7. The van der Waals surface area contributed by atoms with Crippen LogP contribution in [-0.4, -0.2) is 257 Å². The molecule has 9 aliphatic carbocycles. The number of pyridine rings is 1. The van der Waals surface area contributed by atoms with Crippen LogP contribution >= 0.6 is 46.4 Å². The van der Waals surface area contributed by atoms with Crippen LogP contribution < -0.4 is 21.9 Å². The molecule has 14 aliphatic rings. The molecular weight excluding hydrogens is 1890 g/mol. The van der Waals surface area contributed by atoms with Gasteiger partial charge in [0.1, 0.15) is 65.8 Å². The van der Waals surface area contributed by atoms with E-state index >= 15 is 0 Å². The molecule has 4 saturated heterocycles. The Balaban J connectivity index is 0.000000216. The average molecular weight is 2020 g/mol. The number of rotatable bonds is 23. The number of aliphatic hydroxyl groups excluding tert-OH is 4. The molecule has 33 heteroatoms. The fraction of sp³-hybridized carbons (Fsp3) is 0.574. The number of aliphatic carboxylic acids is 2. The molecular formula is C101H129BrCl4MgN2O25. The minimum Gasteiger partial charge on any atom is -1.00 e. The van der Waals surface area contributed by atoms with Crippen molar-refractivity contribution in [2.24, 2.45) is 88.8 Å². The van der Waals surface area contributed by atoms with Gasteiger partial charge < -0.3 is 111 Å². The van der Waals surface area contributed by atoms with E-state index in [1.807, 2.05) is 166 Å². The standard InChI is InChI=1S/C28H38O8.C28H36O7.C27H34O8.C7H2Cl4O.C7H10N2.C4H8O.BrH.Mg.H/c1-14(17(4)29)12-15(2)28-19(13-21(34-5)26(31)32)10-11-20-22(28)23(30)16(3)24(25(20)36-28)35-27(33)18-8-6-7-9-18;1-14-12-15(2)28-19(13-21(32-5)27(31)33-17(14)4)10-11-20-22(28)23(29)16(3)24(25(20)35-28)34-26(30)18-8-6-7-9-18;1-14(13-28)11-15(2)27-18(12-20(33-4)25(30)31)9-10-19-21(27)22(29)16(3)23(24(19)35-27)34-26(32)17-7-5-6-8-17;8-3-1-4(9)6(7(11)12)5(10)2-3;1-9(2)7-3-5-8-6-4-7;1-2-4-5-3-1;;;/h6-8,10-12,14,16-17,19-25,29-30H,9,13H2,1-5H3,(H,31,32);6-8,10-12,14,16-17,19-25,29H,9,13H2,1-5H3;5-7,9-11,13-14,16,18-24,29H,8,12H2,1-4H3,(H,30,31);1-2H;3-6H,1-2H3;1-4H2;1H;;/q;;;;;;;+2;-1/p-1/b2*15-12+;15-11+;;;;;;/t14-,16-,17?,19-,20-,21+,22+,23-,24-,25-,28+;14-,16-,17+,19-,20-,21+,22+,23-,24-,25-,28+;14-,16-,18-,19-,20+,21+,22-,23-,24-,27+;;;;;;/m111....../s1. The molecule has 1 aromatic carbocycles. The maximum absolute atomic E-state index is 12.9. The molecule has 134 heavy (non-hydrogen) atoms. The van der Waals surface area contributed by atoms with Gasteiger partial charge in [0.05, 0.1) is 40.0 Å². The topological polar surface area (TPSA) is 376 Å². The van der Waals surface area contributed by atoms with Crippen LogP contribution in [0.3, 0.4) is 0 Å². The molecule has 16 rings (SSSR count). The van der Waals surface area contributed by atoms with E-state index < -0.39 is 137 Å². The summed E-state index contributed by atoms with van der Waals surface area (Å²) in [5, 5.41) is 64.4. The zero-order valence-electron chi connectivity index (χ0n) is 79.7. The minimum absolute atomic E-state index is 0. The number of cyclic esters (lactones) is 1. The third-order valence-electron chi connectivity index (χ3n) is 29.0. The average Bonchev–Trinajstić information content (AvgIpc) is 1.54. The summed E-state index contributed by atoms with van der Waals surface area (Å²) in [6, 6.07) is 6.76. The summed E-state index contributed by atoms with van der Waals surface area (Å²) in [4.78, 5) is 103. The summed E-state index contributed by atoms with van der Waals surface area (Å²) < 4.78 is 65.2. The third-order valence-corrected chi connectivity index (χ3v) is 30.0. The summed E-state index contributed by atoms with van der Waals surface area (Å²) in [7, 11) is 8.25. The van der Waals surface area contributed by atoms with E-state index in [2.05, 4.69) is 23.2 Å².